The number of hydrogen-bond donors (Lipinski definition) is 1. The number of nitrogens with zero attached hydrogens (tertiary/aromatic N) is 1. The highest BCUT2D eigenvalue weighted by Gasteiger charge is 2.48. The zero-order valence-electron chi connectivity index (χ0n) is 10.5. The second kappa shape index (κ2) is 3.62. The van der Waals surface area contributed by atoms with Crippen molar-refractivity contribution in [1.29, 1.82) is 0 Å². The van der Waals surface area contributed by atoms with Gasteiger partial charge in [0.05, 0.1) is 0 Å². The van der Waals surface area contributed by atoms with Crippen molar-refractivity contribution >= 4 is 6.09 Å². The highest BCUT2D eigenvalue weighted by Crippen LogP contribution is 2.39. The largest absolute Gasteiger partial charge is 0.444 e. The Morgan fingerprint density at radius 1 is 1.50 bits per heavy atom. The van der Waals surface area contributed by atoms with Crippen LogP contribution in [0.15, 0.2) is 0 Å². The smallest absolute Gasteiger partial charge is 0.410 e. The fourth-order valence-electron chi connectivity index (χ4n) is 2.80. The number of amides is 1. The number of ether oxygens (including phenoxy) is 1. The summed E-state index contributed by atoms with van der Waals surface area (Å²) in [4.78, 5) is 13.7. The molecule has 0 radical (unpaired) electrons. The molecular formula is C12H22N2O2. The maximum Gasteiger partial charge on any atom is 0.410 e. The summed E-state index contributed by atoms with van der Waals surface area (Å²) in [5, 5.41) is 0. The van der Waals surface area contributed by atoms with Crippen LogP contribution in [0.25, 0.3) is 0 Å². The van der Waals surface area contributed by atoms with E-state index in [1.165, 1.54) is 6.42 Å². The molecule has 1 saturated heterocycles. The van der Waals surface area contributed by atoms with E-state index in [-0.39, 0.29) is 11.6 Å². The molecule has 2 aliphatic rings. The molecule has 1 amide bonds. The topological polar surface area (TPSA) is 55.6 Å². The van der Waals surface area contributed by atoms with Gasteiger partial charge in [0.25, 0.3) is 0 Å². The van der Waals surface area contributed by atoms with Gasteiger partial charge in [0.1, 0.15) is 5.60 Å². The minimum Gasteiger partial charge on any atom is -0.444 e. The Labute approximate surface area is 97.1 Å². The molecule has 2 fully saturated rings. The van der Waals surface area contributed by atoms with Crippen molar-refractivity contribution in [3.8, 4) is 0 Å². The van der Waals surface area contributed by atoms with Crippen molar-refractivity contribution in [2.24, 2.45) is 11.7 Å². The van der Waals surface area contributed by atoms with Crippen LogP contribution in [0.3, 0.4) is 0 Å². The molecule has 16 heavy (non-hydrogen) atoms. The monoisotopic (exact) mass is 226 g/mol. The average molecular weight is 226 g/mol. The minimum absolute atomic E-state index is 0.142. The van der Waals surface area contributed by atoms with Crippen molar-refractivity contribution in [1.82, 2.24) is 4.90 Å². The lowest BCUT2D eigenvalue weighted by molar-refractivity contribution is 0.0277. The van der Waals surface area contributed by atoms with Gasteiger partial charge < -0.3 is 15.4 Å². The first-order chi connectivity index (χ1) is 7.30. The van der Waals surface area contributed by atoms with Crippen molar-refractivity contribution in [3.63, 3.8) is 0 Å². The van der Waals surface area contributed by atoms with Crippen LogP contribution in [0.1, 0.15) is 40.0 Å². The molecule has 4 nitrogen and oxygen atoms in total. The van der Waals surface area contributed by atoms with E-state index >= 15 is 0 Å². The summed E-state index contributed by atoms with van der Waals surface area (Å²) >= 11 is 0. The molecule has 0 spiro atoms. The molecule has 2 N–H and O–H groups in total. The molecular weight excluding hydrogens is 204 g/mol. The van der Waals surface area contributed by atoms with Crippen LogP contribution in [-0.4, -0.2) is 35.2 Å². The highest BCUT2D eigenvalue weighted by atomic mass is 16.6. The molecule has 0 aromatic heterocycles. The van der Waals surface area contributed by atoms with Gasteiger partial charge in [-0.3, -0.25) is 0 Å². The quantitative estimate of drug-likeness (QED) is 0.684. The molecule has 0 unspecified atom stereocenters. The van der Waals surface area contributed by atoms with Crippen LogP contribution in [0, 0.1) is 5.92 Å². The van der Waals surface area contributed by atoms with Gasteiger partial charge >= 0.3 is 6.09 Å². The van der Waals surface area contributed by atoms with E-state index in [9.17, 15) is 4.79 Å². The van der Waals surface area contributed by atoms with Crippen LogP contribution < -0.4 is 5.73 Å². The Morgan fingerprint density at radius 2 is 2.19 bits per heavy atom. The van der Waals surface area contributed by atoms with Crippen LogP contribution in [0.4, 0.5) is 4.79 Å². The summed E-state index contributed by atoms with van der Waals surface area (Å²) in [6.07, 6.45) is 3.17. The number of carbonyl (C=O) groups is 1. The number of likely N-dealkylation sites (tertiary alicyclic amines) is 1. The summed E-state index contributed by atoms with van der Waals surface area (Å²) in [6, 6.07) is 0. The van der Waals surface area contributed by atoms with Crippen molar-refractivity contribution < 1.29 is 9.53 Å². The molecule has 2 rings (SSSR count). The molecule has 1 aliphatic carbocycles. The van der Waals surface area contributed by atoms with E-state index in [1.807, 2.05) is 20.8 Å². The van der Waals surface area contributed by atoms with Gasteiger partial charge in [-0.2, -0.15) is 0 Å². The SMILES string of the molecule is CC(C)(C)OC(=O)N1C[C@H]2CCC[C@@]2(N)C1. The lowest BCUT2D eigenvalue weighted by Crippen LogP contribution is -2.45. The Morgan fingerprint density at radius 3 is 2.75 bits per heavy atom. The van der Waals surface area contributed by atoms with E-state index in [0.717, 1.165) is 19.4 Å². The second-order valence-electron chi connectivity index (χ2n) is 6.18. The van der Waals surface area contributed by atoms with Crippen molar-refractivity contribution in [3.05, 3.63) is 0 Å². The summed E-state index contributed by atoms with van der Waals surface area (Å²) in [5.41, 5.74) is 5.74. The number of hydrogen-bond acceptors (Lipinski definition) is 3. The van der Waals surface area contributed by atoms with Gasteiger partial charge in [-0.1, -0.05) is 6.42 Å². The van der Waals surface area contributed by atoms with Crippen molar-refractivity contribution in [2.45, 2.75) is 51.2 Å². The van der Waals surface area contributed by atoms with Crippen LogP contribution in [0.2, 0.25) is 0 Å². The summed E-state index contributed by atoms with van der Waals surface area (Å²) < 4.78 is 5.36. The molecule has 0 bridgehead atoms. The van der Waals surface area contributed by atoms with E-state index < -0.39 is 5.60 Å². The predicted octanol–water partition coefficient (Wildman–Crippen LogP) is 1.73. The highest BCUT2D eigenvalue weighted by molar-refractivity contribution is 5.69. The van der Waals surface area contributed by atoms with Gasteiger partial charge in [-0.15, -0.1) is 0 Å². The van der Waals surface area contributed by atoms with Crippen LogP contribution in [-0.2, 0) is 4.74 Å². The predicted molar refractivity (Wildman–Crippen MR) is 62.1 cm³/mol. The van der Waals surface area contributed by atoms with Crippen LogP contribution >= 0.6 is 0 Å². The lowest BCUT2D eigenvalue weighted by atomic mass is 9.92. The molecule has 0 aromatic carbocycles. The summed E-state index contributed by atoms with van der Waals surface area (Å²) in [6.45, 7) is 7.10. The third-order valence-electron chi connectivity index (χ3n) is 3.59. The fraction of sp³-hybridized carbons (Fsp3) is 0.917. The first-order valence-electron chi connectivity index (χ1n) is 6.07. The molecule has 2 atom stereocenters. The molecule has 92 valence electrons. The van der Waals surface area contributed by atoms with Gasteiger partial charge in [0, 0.05) is 18.6 Å². The Kier molecular flexibility index (Phi) is 2.65. The van der Waals surface area contributed by atoms with E-state index in [0.29, 0.717) is 12.5 Å². The standard InChI is InChI=1S/C12H22N2O2/c1-11(2,3)16-10(15)14-7-9-5-4-6-12(9,13)8-14/h9H,4-8,13H2,1-3H3/t9-,12-/m1/s1. The van der Waals surface area contributed by atoms with E-state index in [2.05, 4.69) is 0 Å². The van der Waals surface area contributed by atoms with Gasteiger partial charge in [0.2, 0.25) is 0 Å². The molecule has 1 heterocycles. The number of carbonyl (C=O) groups excluding carboxylic acids is 1. The molecule has 4 heteroatoms. The van der Waals surface area contributed by atoms with Gasteiger partial charge in [-0.05, 0) is 39.5 Å². The summed E-state index contributed by atoms with van der Waals surface area (Å²) in [7, 11) is 0. The summed E-state index contributed by atoms with van der Waals surface area (Å²) in [5.74, 6) is 0.472. The zero-order valence-corrected chi connectivity index (χ0v) is 10.5. The van der Waals surface area contributed by atoms with Gasteiger partial charge in [-0.25, -0.2) is 4.79 Å². The Hall–Kier alpha value is -0.770. The third kappa shape index (κ3) is 2.17. The average Bonchev–Trinajstić information content (AvgIpc) is 2.55. The fourth-order valence-corrected chi connectivity index (χ4v) is 2.80. The van der Waals surface area contributed by atoms with Crippen molar-refractivity contribution in [2.75, 3.05) is 13.1 Å². The number of nitrogens with two attached hydrogens (primary N) is 1. The minimum atomic E-state index is -0.420. The number of rotatable bonds is 0. The van der Waals surface area contributed by atoms with E-state index in [4.69, 9.17) is 10.5 Å². The first kappa shape index (κ1) is 11.7. The maximum absolute atomic E-state index is 11.9. The Bertz CT molecular complexity index is 298. The lowest BCUT2D eigenvalue weighted by Gasteiger charge is -2.26. The second-order valence-corrected chi connectivity index (χ2v) is 6.18. The van der Waals surface area contributed by atoms with Crippen LogP contribution in [0.5, 0.6) is 0 Å². The molecule has 1 aliphatic heterocycles. The van der Waals surface area contributed by atoms with E-state index in [1.54, 1.807) is 4.90 Å². The number of fused-ring (bicyclic) bond motifs is 1. The first-order valence-corrected chi connectivity index (χ1v) is 6.07. The normalized spacial score (nSPS) is 34.0. The zero-order chi connectivity index (χ0) is 12.0. The third-order valence-corrected chi connectivity index (χ3v) is 3.59. The van der Waals surface area contributed by atoms with Gasteiger partial charge in [0.15, 0.2) is 0 Å². The Balaban J connectivity index is 1.97. The maximum atomic E-state index is 11.9. The molecule has 1 saturated carbocycles. The molecule has 0 aromatic rings.